The Morgan fingerprint density at radius 2 is 1.94 bits per heavy atom. The van der Waals surface area contributed by atoms with Crippen LogP contribution in [0.1, 0.15) is 43.2 Å². The van der Waals surface area contributed by atoms with Crippen LogP contribution < -0.4 is 20.3 Å². The topological polar surface area (TPSA) is 85.2 Å². The van der Waals surface area contributed by atoms with Crippen molar-refractivity contribution in [1.82, 2.24) is 14.3 Å². The molecular weight excluding hydrogens is 496 g/mol. The molecule has 1 aliphatic carbocycles. The molecule has 1 saturated carbocycles. The lowest BCUT2D eigenvalue weighted by Gasteiger charge is -2.24. The van der Waals surface area contributed by atoms with Crippen molar-refractivity contribution in [3.05, 3.63) is 69.0 Å². The van der Waals surface area contributed by atoms with Gasteiger partial charge in [-0.3, -0.25) is 18.9 Å². The molecule has 36 heavy (non-hydrogen) atoms. The minimum atomic E-state index is -0.233. The number of hydrogen-bond acceptors (Lipinski definition) is 8. The first-order valence-corrected chi connectivity index (χ1v) is 13.2. The van der Waals surface area contributed by atoms with Crippen LogP contribution in [0.2, 0.25) is 0 Å². The summed E-state index contributed by atoms with van der Waals surface area (Å²) >= 11 is 6.74. The van der Waals surface area contributed by atoms with Gasteiger partial charge in [0, 0.05) is 12.2 Å². The predicted molar refractivity (Wildman–Crippen MR) is 143 cm³/mol. The van der Waals surface area contributed by atoms with E-state index in [1.165, 1.54) is 22.6 Å². The number of ether oxygens (including phenoxy) is 2. The summed E-state index contributed by atoms with van der Waals surface area (Å²) < 4.78 is 12.8. The summed E-state index contributed by atoms with van der Waals surface area (Å²) in [5.74, 6) is 1.62. The van der Waals surface area contributed by atoms with Crippen LogP contribution in [0.3, 0.4) is 0 Å². The summed E-state index contributed by atoms with van der Waals surface area (Å²) in [5, 5.41) is 3.50. The monoisotopic (exact) mass is 520 g/mol. The number of aromatic nitrogens is 2. The van der Waals surface area contributed by atoms with Crippen LogP contribution in [0.25, 0.3) is 11.7 Å². The van der Waals surface area contributed by atoms with Gasteiger partial charge in [0.1, 0.15) is 15.8 Å². The fourth-order valence-corrected chi connectivity index (χ4v) is 6.01. The zero-order valence-electron chi connectivity index (χ0n) is 19.4. The molecule has 0 atom stereocenters. The van der Waals surface area contributed by atoms with Gasteiger partial charge in [0.25, 0.3) is 11.5 Å². The third-order valence-corrected chi connectivity index (χ3v) is 8.02. The Morgan fingerprint density at radius 3 is 2.81 bits per heavy atom. The first kappa shape index (κ1) is 23.1. The van der Waals surface area contributed by atoms with E-state index in [4.69, 9.17) is 26.7 Å². The minimum absolute atomic E-state index is 0.190. The maximum atomic E-state index is 13.5. The van der Waals surface area contributed by atoms with Crippen molar-refractivity contribution in [3.63, 3.8) is 0 Å². The van der Waals surface area contributed by atoms with Gasteiger partial charge >= 0.3 is 0 Å². The van der Waals surface area contributed by atoms with Gasteiger partial charge in [0.05, 0.1) is 17.0 Å². The molecule has 1 saturated heterocycles. The van der Waals surface area contributed by atoms with E-state index in [1.807, 2.05) is 30.3 Å². The molecule has 1 aromatic carbocycles. The van der Waals surface area contributed by atoms with Crippen LogP contribution in [0.4, 0.5) is 5.82 Å². The van der Waals surface area contributed by atoms with E-state index in [9.17, 15) is 9.59 Å². The first-order chi connectivity index (χ1) is 17.6. The van der Waals surface area contributed by atoms with E-state index in [0.717, 1.165) is 31.2 Å². The SMILES string of the molecule is O=C1/C(=C\c2c(NC3CCCCC3)nc3ccccn3c2=O)SC(=S)N1Cc1ccc2c(c1)OCO2. The Balaban J connectivity index is 1.33. The summed E-state index contributed by atoms with van der Waals surface area (Å²) in [5.41, 5.74) is 1.59. The molecule has 2 aliphatic heterocycles. The van der Waals surface area contributed by atoms with Crippen LogP contribution in [0, 0.1) is 0 Å². The van der Waals surface area contributed by atoms with Gasteiger partial charge in [-0.15, -0.1) is 0 Å². The maximum absolute atomic E-state index is 13.5. The molecule has 2 aromatic heterocycles. The Kier molecular flexibility index (Phi) is 6.14. The maximum Gasteiger partial charge on any atom is 0.267 e. The number of thioether (sulfide) groups is 1. The lowest BCUT2D eigenvalue weighted by molar-refractivity contribution is -0.122. The standard InChI is InChI=1S/C26H24N4O4S2/c31-24-18(23(27-17-6-2-1-3-7-17)28-22-8-4-5-11-29(22)24)13-21-25(32)30(26(35)36-21)14-16-9-10-19-20(12-16)34-15-33-19/h4-5,8-13,17,27H,1-3,6-7,14-15H2/b21-13+. The molecule has 0 unspecified atom stereocenters. The van der Waals surface area contributed by atoms with Gasteiger partial charge in [0.2, 0.25) is 6.79 Å². The largest absolute Gasteiger partial charge is 0.454 e. The van der Waals surface area contributed by atoms with Crippen LogP contribution in [-0.4, -0.2) is 37.3 Å². The van der Waals surface area contributed by atoms with E-state index in [1.54, 1.807) is 23.2 Å². The number of amides is 1. The van der Waals surface area contributed by atoms with E-state index in [2.05, 4.69) is 5.32 Å². The van der Waals surface area contributed by atoms with Gasteiger partial charge in [-0.2, -0.15) is 0 Å². The molecule has 3 aromatic rings. The number of rotatable bonds is 5. The van der Waals surface area contributed by atoms with Crippen molar-refractivity contribution in [2.45, 2.75) is 44.7 Å². The van der Waals surface area contributed by atoms with Gasteiger partial charge in [-0.1, -0.05) is 55.4 Å². The quantitative estimate of drug-likeness (QED) is 0.387. The second-order valence-corrected chi connectivity index (χ2v) is 10.7. The van der Waals surface area contributed by atoms with Crippen molar-refractivity contribution >= 4 is 51.7 Å². The molecule has 184 valence electrons. The first-order valence-electron chi connectivity index (χ1n) is 12.0. The lowest BCUT2D eigenvalue weighted by Crippen LogP contribution is -2.28. The number of benzene rings is 1. The van der Waals surface area contributed by atoms with E-state index < -0.39 is 0 Å². The average Bonchev–Trinajstić information content (AvgIpc) is 3.46. The number of thiocarbonyl (C=S) groups is 1. The fraction of sp³-hybridized carbons (Fsp3) is 0.308. The highest BCUT2D eigenvalue weighted by Gasteiger charge is 2.33. The Hall–Kier alpha value is -3.37. The van der Waals surface area contributed by atoms with Crippen molar-refractivity contribution < 1.29 is 14.3 Å². The van der Waals surface area contributed by atoms with Crippen LogP contribution in [0.5, 0.6) is 11.5 Å². The molecule has 4 heterocycles. The molecule has 0 bridgehead atoms. The van der Waals surface area contributed by atoms with Crippen LogP contribution in [0.15, 0.2) is 52.3 Å². The Bertz CT molecular complexity index is 1460. The molecule has 1 N–H and O–H groups in total. The second-order valence-electron chi connectivity index (χ2n) is 9.04. The number of fused-ring (bicyclic) bond motifs is 2. The van der Waals surface area contributed by atoms with Crippen molar-refractivity contribution in [2.24, 2.45) is 0 Å². The number of nitrogens with one attached hydrogen (secondary N) is 1. The number of pyridine rings is 1. The normalized spacial score (nSPS) is 19.0. The number of carbonyl (C=O) groups is 1. The number of hydrogen-bond donors (Lipinski definition) is 1. The molecule has 0 spiro atoms. The highest BCUT2D eigenvalue weighted by molar-refractivity contribution is 8.26. The predicted octanol–water partition coefficient (Wildman–Crippen LogP) is 4.57. The van der Waals surface area contributed by atoms with Crippen molar-refractivity contribution in [2.75, 3.05) is 12.1 Å². The molecule has 8 nitrogen and oxygen atoms in total. The second kappa shape index (κ2) is 9.59. The fourth-order valence-electron chi connectivity index (χ4n) is 4.77. The van der Waals surface area contributed by atoms with Crippen molar-refractivity contribution in [3.8, 4) is 11.5 Å². The molecular formula is C26H24N4O4S2. The highest BCUT2D eigenvalue weighted by Crippen LogP contribution is 2.37. The van der Waals surface area contributed by atoms with Crippen molar-refractivity contribution in [1.29, 1.82) is 0 Å². The van der Waals surface area contributed by atoms with E-state index in [0.29, 0.717) is 44.3 Å². The van der Waals surface area contributed by atoms with E-state index in [-0.39, 0.29) is 24.3 Å². The third kappa shape index (κ3) is 4.35. The smallest absolute Gasteiger partial charge is 0.267 e. The van der Waals surface area contributed by atoms with Gasteiger partial charge < -0.3 is 14.8 Å². The molecule has 1 amide bonds. The Morgan fingerprint density at radius 1 is 1.11 bits per heavy atom. The highest BCUT2D eigenvalue weighted by atomic mass is 32.2. The molecule has 3 aliphatic rings. The molecule has 10 heteroatoms. The summed E-state index contributed by atoms with van der Waals surface area (Å²) in [6, 6.07) is 11.3. The molecule has 2 fully saturated rings. The summed E-state index contributed by atoms with van der Waals surface area (Å²) in [4.78, 5) is 33.6. The molecule has 0 radical (unpaired) electrons. The Labute approximate surface area is 217 Å². The zero-order valence-corrected chi connectivity index (χ0v) is 21.1. The average molecular weight is 521 g/mol. The molecule has 6 rings (SSSR count). The minimum Gasteiger partial charge on any atom is -0.454 e. The number of carbonyl (C=O) groups excluding carboxylic acids is 1. The zero-order chi connectivity index (χ0) is 24.6. The summed E-state index contributed by atoms with van der Waals surface area (Å²) in [6.07, 6.45) is 8.93. The van der Waals surface area contributed by atoms with E-state index >= 15 is 0 Å². The number of anilines is 1. The van der Waals surface area contributed by atoms with Gasteiger partial charge in [-0.25, -0.2) is 4.98 Å². The summed E-state index contributed by atoms with van der Waals surface area (Å²) in [7, 11) is 0. The van der Waals surface area contributed by atoms with Gasteiger partial charge in [0.15, 0.2) is 11.5 Å². The van der Waals surface area contributed by atoms with Gasteiger partial charge in [-0.05, 0) is 48.7 Å². The number of nitrogens with zero attached hydrogens (tertiary/aromatic N) is 3. The third-order valence-electron chi connectivity index (χ3n) is 6.64. The summed E-state index contributed by atoms with van der Waals surface area (Å²) in [6.45, 7) is 0.496. The lowest BCUT2D eigenvalue weighted by atomic mass is 9.95. The van der Waals surface area contributed by atoms with Crippen LogP contribution in [-0.2, 0) is 11.3 Å². The van der Waals surface area contributed by atoms with Crippen LogP contribution >= 0.6 is 24.0 Å².